The molecule has 0 amide bonds. The van der Waals surface area contributed by atoms with Gasteiger partial charge in [0.15, 0.2) is 6.10 Å². The Kier molecular flexibility index (Phi) is 2.85. The summed E-state index contributed by atoms with van der Waals surface area (Å²) in [5.41, 5.74) is -1.00. The number of ketones is 1. The molecule has 5 nitrogen and oxygen atoms in total. The topological polar surface area (TPSA) is 76.7 Å². The summed E-state index contributed by atoms with van der Waals surface area (Å²) in [6.07, 6.45) is 1.30. The standard InChI is InChI=1S/C12H12O5/c1-3-4-7-5-8-9(12(15)17-7)11(14)10(13)6(2)16-8/h3-6,10,13H,1-2H3/b4-3-/t6-,10-/m0/s1. The summed E-state index contributed by atoms with van der Waals surface area (Å²) >= 11 is 0. The number of rotatable bonds is 1. The average molecular weight is 236 g/mol. The molecule has 0 aromatic carbocycles. The van der Waals surface area contributed by atoms with Gasteiger partial charge in [0.1, 0.15) is 23.2 Å². The van der Waals surface area contributed by atoms with E-state index in [9.17, 15) is 14.7 Å². The second kappa shape index (κ2) is 4.18. The molecule has 5 heteroatoms. The van der Waals surface area contributed by atoms with Crippen molar-refractivity contribution < 1.29 is 19.1 Å². The molecule has 0 saturated carbocycles. The van der Waals surface area contributed by atoms with Gasteiger partial charge in [-0.1, -0.05) is 6.08 Å². The predicted octanol–water partition coefficient (Wildman–Crippen LogP) is 0.997. The number of carbonyl (C=O) groups excluding carboxylic acids is 1. The van der Waals surface area contributed by atoms with Crippen LogP contribution in [0, 0.1) is 0 Å². The zero-order valence-corrected chi connectivity index (χ0v) is 9.47. The first-order chi connectivity index (χ1) is 8.04. The summed E-state index contributed by atoms with van der Waals surface area (Å²) < 4.78 is 10.2. The maximum atomic E-state index is 11.7. The lowest BCUT2D eigenvalue weighted by molar-refractivity contribution is 0.0280. The quantitative estimate of drug-likeness (QED) is 0.787. The van der Waals surface area contributed by atoms with Gasteiger partial charge >= 0.3 is 5.63 Å². The molecule has 1 N–H and O–H groups in total. The highest BCUT2D eigenvalue weighted by molar-refractivity contribution is 6.02. The van der Waals surface area contributed by atoms with Crippen molar-refractivity contribution in [1.29, 1.82) is 0 Å². The van der Waals surface area contributed by atoms with Gasteiger partial charge in [-0.25, -0.2) is 4.79 Å². The van der Waals surface area contributed by atoms with Crippen molar-refractivity contribution in [3.05, 3.63) is 33.9 Å². The molecular formula is C12H12O5. The van der Waals surface area contributed by atoms with Crippen LogP contribution in [-0.4, -0.2) is 23.1 Å². The van der Waals surface area contributed by atoms with Crippen molar-refractivity contribution in [2.75, 3.05) is 0 Å². The van der Waals surface area contributed by atoms with Crippen LogP contribution < -0.4 is 10.4 Å². The van der Waals surface area contributed by atoms with Crippen molar-refractivity contribution in [2.24, 2.45) is 0 Å². The van der Waals surface area contributed by atoms with Gasteiger partial charge in [-0.05, 0) is 19.9 Å². The van der Waals surface area contributed by atoms with Crippen LogP contribution in [0.15, 0.2) is 21.4 Å². The number of allylic oxidation sites excluding steroid dienone is 1. The maximum Gasteiger partial charge on any atom is 0.351 e. The molecule has 17 heavy (non-hydrogen) atoms. The Morgan fingerprint density at radius 2 is 2.12 bits per heavy atom. The smallest absolute Gasteiger partial charge is 0.351 e. The number of aliphatic hydroxyl groups is 1. The van der Waals surface area contributed by atoms with Crippen LogP contribution in [0.2, 0.25) is 0 Å². The molecule has 0 unspecified atom stereocenters. The van der Waals surface area contributed by atoms with Crippen LogP contribution in [0.25, 0.3) is 6.08 Å². The van der Waals surface area contributed by atoms with Crippen LogP contribution >= 0.6 is 0 Å². The number of fused-ring (bicyclic) bond motifs is 1. The molecule has 2 atom stereocenters. The van der Waals surface area contributed by atoms with Crippen LogP contribution in [0.4, 0.5) is 0 Å². The molecule has 0 spiro atoms. The first-order valence-corrected chi connectivity index (χ1v) is 5.24. The van der Waals surface area contributed by atoms with Crippen LogP contribution in [-0.2, 0) is 0 Å². The Hall–Kier alpha value is -1.88. The minimum atomic E-state index is -1.32. The van der Waals surface area contributed by atoms with E-state index in [-0.39, 0.29) is 11.3 Å². The first kappa shape index (κ1) is 11.6. The van der Waals surface area contributed by atoms with E-state index in [1.54, 1.807) is 26.0 Å². The third-order valence-corrected chi connectivity index (χ3v) is 2.54. The Morgan fingerprint density at radius 1 is 1.41 bits per heavy atom. The van der Waals surface area contributed by atoms with Gasteiger partial charge < -0.3 is 14.3 Å². The molecule has 0 radical (unpaired) electrons. The molecule has 0 fully saturated rings. The fraction of sp³-hybridized carbons (Fsp3) is 0.333. The molecule has 1 aliphatic heterocycles. The third-order valence-electron chi connectivity index (χ3n) is 2.54. The normalized spacial score (nSPS) is 23.6. The number of aliphatic hydroxyl groups excluding tert-OH is 1. The van der Waals surface area contributed by atoms with E-state index >= 15 is 0 Å². The van der Waals surface area contributed by atoms with Crippen molar-refractivity contribution in [3.8, 4) is 5.75 Å². The summed E-state index contributed by atoms with van der Waals surface area (Å²) in [5, 5.41) is 9.52. The predicted molar refractivity (Wildman–Crippen MR) is 60.1 cm³/mol. The zero-order valence-electron chi connectivity index (χ0n) is 9.47. The monoisotopic (exact) mass is 236 g/mol. The number of hydrogen-bond acceptors (Lipinski definition) is 5. The minimum absolute atomic E-state index is 0.164. The largest absolute Gasteiger partial charge is 0.486 e. The van der Waals surface area contributed by atoms with Gasteiger partial charge in [0.05, 0.1) is 0 Å². The lowest BCUT2D eigenvalue weighted by Crippen LogP contribution is -2.42. The molecule has 90 valence electrons. The lowest BCUT2D eigenvalue weighted by atomic mass is 10.0. The highest BCUT2D eigenvalue weighted by Gasteiger charge is 2.36. The number of carbonyl (C=O) groups is 1. The molecule has 1 aliphatic rings. The Morgan fingerprint density at radius 3 is 2.76 bits per heavy atom. The number of Topliss-reactive ketones (excluding diaryl/α,β-unsaturated/α-hetero) is 1. The van der Waals surface area contributed by atoms with E-state index < -0.39 is 23.6 Å². The summed E-state index contributed by atoms with van der Waals surface area (Å²) in [5.74, 6) is -0.177. The van der Waals surface area contributed by atoms with E-state index in [0.717, 1.165) is 0 Å². The summed E-state index contributed by atoms with van der Waals surface area (Å²) in [7, 11) is 0. The van der Waals surface area contributed by atoms with E-state index in [1.807, 2.05) is 0 Å². The SMILES string of the molecule is C/C=C\c1cc2c(c(=O)o1)C(=O)[C@@H](O)[C@H](C)O2. The first-order valence-electron chi connectivity index (χ1n) is 5.24. The number of ether oxygens (including phenoxy) is 1. The molecule has 0 aliphatic carbocycles. The summed E-state index contributed by atoms with van der Waals surface area (Å²) in [6, 6.07) is 1.47. The van der Waals surface area contributed by atoms with Gasteiger partial charge in [0.25, 0.3) is 0 Å². The van der Waals surface area contributed by atoms with Crippen molar-refractivity contribution >= 4 is 11.9 Å². The van der Waals surface area contributed by atoms with Crippen molar-refractivity contribution in [1.82, 2.24) is 0 Å². The van der Waals surface area contributed by atoms with Crippen molar-refractivity contribution in [2.45, 2.75) is 26.1 Å². The van der Waals surface area contributed by atoms with Gasteiger partial charge in [-0.15, -0.1) is 0 Å². The van der Waals surface area contributed by atoms with Crippen LogP contribution in [0.3, 0.4) is 0 Å². The fourth-order valence-corrected chi connectivity index (χ4v) is 1.68. The van der Waals surface area contributed by atoms with E-state index in [4.69, 9.17) is 9.15 Å². The molecule has 2 rings (SSSR count). The highest BCUT2D eigenvalue weighted by Crippen LogP contribution is 2.26. The van der Waals surface area contributed by atoms with Gasteiger partial charge in [0, 0.05) is 6.07 Å². The molecule has 0 saturated heterocycles. The van der Waals surface area contributed by atoms with Gasteiger partial charge in [0.2, 0.25) is 5.78 Å². The van der Waals surface area contributed by atoms with E-state index in [2.05, 4.69) is 0 Å². The van der Waals surface area contributed by atoms with Crippen LogP contribution in [0.1, 0.15) is 30.0 Å². The van der Waals surface area contributed by atoms with E-state index in [1.165, 1.54) is 6.07 Å². The summed E-state index contributed by atoms with van der Waals surface area (Å²) in [4.78, 5) is 23.3. The zero-order chi connectivity index (χ0) is 12.6. The number of hydrogen-bond donors (Lipinski definition) is 1. The average Bonchev–Trinajstić information content (AvgIpc) is 2.25. The lowest BCUT2D eigenvalue weighted by Gasteiger charge is -2.25. The Labute approximate surface area is 97.3 Å². The molecule has 0 bridgehead atoms. The summed E-state index contributed by atoms with van der Waals surface area (Å²) in [6.45, 7) is 3.34. The molecule has 2 heterocycles. The van der Waals surface area contributed by atoms with Gasteiger partial charge in [-0.3, -0.25) is 4.79 Å². The minimum Gasteiger partial charge on any atom is -0.486 e. The van der Waals surface area contributed by atoms with Crippen LogP contribution in [0.5, 0.6) is 5.75 Å². The van der Waals surface area contributed by atoms with Crippen molar-refractivity contribution in [3.63, 3.8) is 0 Å². The Balaban J connectivity index is 2.60. The molecule has 1 aromatic heterocycles. The fourth-order valence-electron chi connectivity index (χ4n) is 1.68. The second-order valence-electron chi connectivity index (χ2n) is 3.81. The maximum absolute atomic E-state index is 11.7. The van der Waals surface area contributed by atoms with Gasteiger partial charge in [-0.2, -0.15) is 0 Å². The Bertz CT molecular complexity index is 540. The molecular weight excluding hydrogens is 224 g/mol. The second-order valence-corrected chi connectivity index (χ2v) is 3.81. The highest BCUT2D eigenvalue weighted by atomic mass is 16.5. The molecule has 1 aromatic rings. The van der Waals surface area contributed by atoms with E-state index in [0.29, 0.717) is 5.76 Å². The third kappa shape index (κ3) is 1.89.